The maximum Gasteiger partial charge on any atom is 0.155 e. The van der Waals surface area contributed by atoms with Crippen LogP contribution in [0.2, 0.25) is 0 Å². The van der Waals surface area contributed by atoms with Crippen molar-refractivity contribution in [3.63, 3.8) is 0 Å². The van der Waals surface area contributed by atoms with E-state index in [1.54, 1.807) is 0 Å². The molecule has 0 bridgehead atoms. The Balaban J connectivity index is 1.36. The molecular weight excluding hydrogens is 643 g/mol. The standard InChI is InChI=1S/C50H37N3/c1-4-18-38-31-35(5-2)34(3)48(36-19-8-6-9-20-36)52-49(37-21-10-7-11-22-37)51-33-50(38)44-26-15-12-23-40(44)41-30-29-39(32-45(41)50)53-46-27-16-13-24-42(46)43-25-14-17-28-47(43)53/h1,5-30,32H,3,31,33H2,2H3/b35-5+,38-18+,51-49-,52-48+. The molecule has 7 aromatic rings. The van der Waals surface area contributed by atoms with Gasteiger partial charge in [0, 0.05) is 27.6 Å². The lowest BCUT2D eigenvalue weighted by Crippen LogP contribution is -2.33. The van der Waals surface area contributed by atoms with Crippen LogP contribution < -0.4 is 0 Å². The third-order valence-corrected chi connectivity index (χ3v) is 10.9. The summed E-state index contributed by atoms with van der Waals surface area (Å²) < 4.78 is 2.39. The summed E-state index contributed by atoms with van der Waals surface area (Å²) in [5.41, 5.74) is 13.3. The van der Waals surface area contributed by atoms with Crippen molar-refractivity contribution in [2.75, 3.05) is 6.54 Å². The number of fused-ring (bicyclic) bond motifs is 8. The van der Waals surface area contributed by atoms with Crippen molar-refractivity contribution in [1.29, 1.82) is 0 Å². The molecule has 0 fully saturated rings. The molecule has 9 rings (SSSR count). The predicted molar refractivity (Wildman–Crippen MR) is 222 cm³/mol. The molecule has 2 aliphatic rings. The first-order valence-electron chi connectivity index (χ1n) is 18.1. The molecule has 2 heterocycles. The lowest BCUT2D eigenvalue weighted by molar-refractivity contribution is 0.615. The van der Waals surface area contributed by atoms with Crippen molar-refractivity contribution < 1.29 is 0 Å². The monoisotopic (exact) mass is 679 g/mol. The molecule has 0 amide bonds. The van der Waals surface area contributed by atoms with Gasteiger partial charge in [-0.3, -0.25) is 4.99 Å². The van der Waals surface area contributed by atoms with Crippen LogP contribution in [0, 0.1) is 12.3 Å². The van der Waals surface area contributed by atoms with Gasteiger partial charge in [-0.2, -0.15) is 0 Å². The summed E-state index contributed by atoms with van der Waals surface area (Å²) in [6, 6.07) is 53.5. The fourth-order valence-electron chi connectivity index (χ4n) is 8.46. The Morgan fingerprint density at radius 2 is 1.30 bits per heavy atom. The molecule has 1 unspecified atom stereocenters. The predicted octanol–water partition coefficient (Wildman–Crippen LogP) is 11.5. The number of benzene rings is 6. The number of nitrogens with zero attached hydrogens (tertiary/aromatic N) is 3. The number of para-hydroxylation sites is 2. The van der Waals surface area contributed by atoms with Gasteiger partial charge in [0.2, 0.25) is 0 Å². The van der Waals surface area contributed by atoms with Crippen molar-refractivity contribution in [1.82, 2.24) is 4.57 Å². The molecule has 1 atom stereocenters. The summed E-state index contributed by atoms with van der Waals surface area (Å²) in [7, 11) is 0. The minimum absolute atomic E-state index is 0.417. The van der Waals surface area contributed by atoms with Crippen molar-refractivity contribution in [3.05, 3.63) is 209 Å². The number of amidine groups is 1. The van der Waals surface area contributed by atoms with Gasteiger partial charge in [-0.15, -0.1) is 6.42 Å². The number of terminal acetylenes is 1. The van der Waals surface area contributed by atoms with Gasteiger partial charge in [-0.1, -0.05) is 146 Å². The normalized spacial score (nSPS) is 20.5. The van der Waals surface area contributed by atoms with Crippen molar-refractivity contribution in [3.8, 4) is 29.2 Å². The zero-order chi connectivity index (χ0) is 35.9. The molecule has 53 heavy (non-hydrogen) atoms. The fourth-order valence-corrected chi connectivity index (χ4v) is 8.46. The first kappa shape index (κ1) is 32.2. The topological polar surface area (TPSA) is 29.6 Å². The molecule has 6 aromatic carbocycles. The molecule has 1 aliphatic heterocycles. The molecule has 0 radical (unpaired) electrons. The molecule has 1 spiro atoms. The van der Waals surface area contributed by atoms with Crippen LogP contribution in [-0.2, 0) is 5.41 Å². The van der Waals surface area contributed by atoms with Crippen molar-refractivity contribution in [2.45, 2.75) is 18.8 Å². The summed E-state index contributed by atoms with van der Waals surface area (Å²) in [6.07, 6.45) is 11.0. The zero-order valence-corrected chi connectivity index (χ0v) is 29.6. The molecular formula is C50H37N3. The second-order valence-electron chi connectivity index (χ2n) is 13.7. The van der Waals surface area contributed by atoms with Crippen LogP contribution in [0.3, 0.4) is 0 Å². The SMILES string of the molecule is C#C/C=C1\C/C(=C\C)C(=C)/C(c2ccccc2)=N\C(c2ccccc2)=N/CC12c1ccccc1-c1ccc(-n3c4ccccc4c4ccccc43)cc12. The smallest absolute Gasteiger partial charge is 0.155 e. The van der Waals surface area contributed by atoms with Gasteiger partial charge in [0.1, 0.15) is 0 Å². The van der Waals surface area contributed by atoms with E-state index in [0.717, 1.165) is 39.2 Å². The average molecular weight is 680 g/mol. The number of hydrogen-bond donors (Lipinski definition) is 0. The lowest BCUT2D eigenvalue weighted by Gasteiger charge is -2.35. The minimum Gasteiger partial charge on any atom is -0.309 e. The van der Waals surface area contributed by atoms with Gasteiger partial charge >= 0.3 is 0 Å². The fraction of sp³-hybridized carbons (Fsp3) is 0.0800. The zero-order valence-electron chi connectivity index (χ0n) is 29.6. The largest absolute Gasteiger partial charge is 0.309 e. The van der Waals surface area contributed by atoms with Gasteiger partial charge in [0.15, 0.2) is 5.84 Å². The van der Waals surface area contributed by atoms with Crippen LogP contribution in [0.15, 0.2) is 197 Å². The Kier molecular flexibility index (Phi) is 7.95. The van der Waals surface area contributed by atoms with Crippen LogP contribution in [0.1, 0.15) is 35.6 Å². The molecule has 0 N–H and O–H groups in total. The van der Waals surface area contributed by atoms with E-state index >= 15 is 0 Å². The first-order chi connectivity index (χ1) is 26.1. The number of rotatable bonds is 3. The van der Waals surface area contributed by atoms with Crippen molar-refractivity contribution in [2.24, 2.45) is 9.98 Å². The van der Waals surface area contributed by atoms with Crippen LogP contribution in [-0.4, -0.2) is 22.7 Å². The first-order valence-corrected chi connectivity index (χ1v) is 18.1. The highest BCUT2D eigenvalue weighted by molar-refractivity contribution is 6.21. The van der Waals surface area contributed by atoms with Gasteiger partial charge in [-0.05, 0) is 82.7 Å². The van der Waals surface area contributed by atoms with Crippen LogP contribution in [0.25, 0.3) is 38.6 Å². The Bertz CT molecular complexity index is 2700. The quantitative estimate of drug-likeness (QED) is 0.166. The van der Waals surface area contributed by atoms with Crippen LogP contribution in [0.5, 0.6) is 0 Å². The molecule has 3 nitrogen and oxygen atoms in total. The Labute approximate surface area is 310 Å². The molecule has 252 valence electrons. The summed E-state index contributed by atoms with van der Waals surface area (Å²) >= 11 is 0. The summed E-state index contributed by atoms with van der Waals surface area (Å²) in [5.74, 6) is 3.63. The van der Waals surface area contributed by atoms with E-state index in [1.165, 1.54) is 44.1 Å². The van der Waals surface area contributed by atoms with Gasteiger partial charge in [0.05, 0.1) is 28.7 Å². The Morgan fingerprint density at radius 1 is 0.698 bits per heavy atom. The second kappa shape index (κ2) is 13.1. The highest BCUT2D eigenvalue weighted by Gasteiger charge is 2.46. The average Bonchev–Trinajstić information content (AvgIpc) is 3.70. The van der Waals surface area contributed by atoms with Crippen molar-refractivity contribution >= 4 is 33.4 Å². The number of aliphatic imine (C=N–C) groups is 2. The Hall–Kier alpha value is -6.76. The molecule has 3 heteroatoms. The van der Waals surface area contributed by atoms with Crippen LogP contribution in [0.4, 0.5) is 0 Å². The van der Waals surface area contributed by atoms with Crippen LogP contribution >= 0.6 is 0 Å². The number of aromatic nitrogens is 1. The maximum absolute atomic E-state index is 6.27. The molecule has 0 saturated carbocycles. The third-order valence-electron chi connectivity index (χ3n) is 10.9. The van der Waals surface area contributed by atoms with E-state index in [2.05, 4.69) is 139 Å². The number of hydrogen-bond acceptors (Lipinski definition) is 2. The summed E-state index contributed by atoms with van der Waals surface area (Å²) in [4.78, 5) is 10.9. The van der Waals surface area contributed by atoms with E-state index in [0.29, 0.717) is 18.8 Å². The second-order valence-corrected chi connectivity index (χ2v) is 13.7. The van der Waals surface area contributed by atoms with E-state index in [1.807, 2.05) is 42.5 Å². The van der Waals surface area contributed by atoms with E-state index < -0.39 is 5.41 Å². The summed E-state index contributed by atoms with van der Waals surface area (Å²) in [5, 5.41) is 2.46. The van der Waals surface area contributed by atoms with E-state index in [4.69, 9.17) is 23.0 Å². The van der Waals surface area contributed by atoms with E-state index in [9.17, 15) is 0 Å². The lowest BCUT2D eigenvalue weighted by atomic mass is 9.69. The summed E-state index contributed by atoms with van der Waals surface area (Å²) in [6.45, 7) is 7.19. The maximum atomic E-state index is 6.27. The third kappa shape index (κ3) is 5.14. The highest BCUT2D eigenvalue weighted by atomic mass is 15.0. The van der Waals surface area contributed by atoms with Gasteiger partial charge in [-0.25, -0.2) is 4.99 Å². The van der Waals surface area contributed by atoms with Gasteiger partial charge < -0.3 is 4.57 Å². The van der Waals surface area contributed by atoms with Gasteiger partial charge in [0.25, 0.3) is 0 Å². The molecule has 1 aliphatic carbocycles. The highest BCUT2D eigenvalue weighted by Crippen LogP contribution is 2.55. The number of allylic oxidation sites excluding steroid dienone is 4. The van der Waals surface area contributed by atoms with E-state index in [-0.39, 0.29) is 0 Å². The minimum atomic E-state index is -0.679. The molecule has 0 saturated heterocycles. The Morgan fingerprint density at radius 3 is 1.98 bits per heavy atom. The molecule has 1 aromatic heterocycles.